The van der Waals surface area contributed by atoms with E-state index in [1.807, 2.05) is 32.0 Å². The highest BCUT2D eigenvalue weighted by Gasteiger charge is 2.51. The van der Waals surface area contributed by atoms with E-state index >= 15 is 0 Å². The molecular weight excluding hydrogens is 452 g/mol. The normalized spacial score (nSPS) is 15.9. The van der Waals surface area contributed by atoms with E-state index in [9.17, 15) is 13.2 Å². The van der Waals surface area contributed by atoms with Crippen LogP contribution in [-0.4, -0.2) is 33.0 Å². The van der Waals surface area contributed by atoms with E-state index in [0.717, 1.165) is 46.4 Å². The van der Waals surface area contributed by atoms with Crippen LogP contribution in [0.3, 0.4) is 0 Å². The predicted octanol–water partition coefficient (Wildman–Crippen LogP) is 3.85. The Balaban J connectivity index is 1.39. The van der Waals surface area contributed by atoms with Gasteiger partial charge in [-0.2, -0.15) is 0 Å². The molecule has 0 bridgehead atoms. The van der Waals surface area contributed by atoms with Crippen LogP contribution in [0.25, 0.3) is 11.1 Å². The fraction of sp³-hybridized carbons (Fsp3) is 0.308. The number of ketones is 1. The Morgan fingerprint density at radius 3 is 2.41 bits per heavy atom. The molecule has 7 nitrogen and oxygen atoms in total. The van der Waals surface area contributed by atoms with Crippen LogP contribution in [0, 0.1) is 13.8 Å². The van der Waals surface area contributed by atoms with Crippen LogP contribution >= 0.6 is 0 Å². The van der Waals surface area contributed by atoms with Gasteiger partial charge in [-0.25, -0.2) is 13.1 Å². The van der Waals surface area contributed by atoms with Crippen molar-refractivity contribution in [3.8, 4) is 22.6 Å². The minimum absolute atomic E-state index is 0.163. The van der Waals surface area contributed by atoms with Crippen LogP contribution in [-0.2, 0) is 26.7 Å². The Labute approximate surface area is 199 Å². The summed E-state index contributed by atoms with van der Waals surface area (Å²) in [4.78, 5) is 18.3. The molecule has 2 aliphatic rings. The summed E-state index contributed by atoms with van der Waals surface area (Å²) < 4.78 is 37.2. The van der Waals surface area contributed by atoms with E-state index in [1.54, 1.807) is 30.5 Å². The van der Waals surface area contributed by atoms with Gasteiger partial charge in [-0.05, 0) is 80.3 Å². The van der Waals surface area contributed by atoms with Crippen molar-refractivity contribution in [3.05, 3.63) is 71.0 Å². The summed E-state index contributed by atoms with van der Waals surface area (Å²) >= 11 is 0. The highest BCUT2D eigenvalue weighted by Crippen LogP contribution is 2.51. The average molecular weight is 479 g/mol. The summed E-state index contributed by atoms with van der Waals surface area (Å²) in [6.45, 7) is 4.19. The lowest BCUT2D eigenvalue weighted by atomic mass is 9.87. The predicted molar refractivity (Wildman–Crippen MR) is 128 cm³/mol. The molecule has 1 aromatic heterocycles. The third-order valence-electron chi connectivity index (χ3n) is 7.03. The fourth-order valence-corrected chi connectivity index (χ4v) is 5.25. The van der Waals surface area contributed by atoms with E-state index in [0.29, 0.717) is 11.5 Å². The maximum Gasteiger partial charge on any atom is 0.240 e. The molecule has 1 aliphatic carbocycles. The Bertz CT molecular complexity index is 1390. The van der Waals surface area contributed by atoms with Gasteiger partial charge in [-0.1, -0.05) is 18.2 Å². The minimum atomic E-state index is -3.49. The number of Topliss-reactive ketones (excluding diaryl/α,β-unsaturated/α-hetero) is 1. The van der Waals surface area contributed by atoms with Gasteiger partial charge in [0.1, 0.15) is 5.78 Å². The number of nitrogens with zero attached hydrogens (tertiary/aromatic N) is 1. The Hall–Kier alpha value is -3.23. The number of hydrogen-bond donors (Lipinski definition) is 1. The molecule has 1 N–H and O–H groups in total. The van der Waals surface area contributed by atoms with Crippen molar-refractivity contribution in [2.75, 3.05) is 13.8 Å². The average Bonchev–Trinajstić information content (AvgIpc) is 3.53. The van der Waals surface area contributed by atoms with E-state index < -0.39 is 15.4 Å². The Morgan fingerprint density at radius 1 is 1.03 bits per heavy atom. The zero-order valence-corrected chi connectivity index (χ0v) is 20.2. The van der Waals surface area contributed by atoms with E-state index in [4.69, 9.17) is 9.47 Å². The van der Waals surface area contributed by atoms with Crippen molar-refractivity contribution >= 4 is 15.8 Å². The van der Waals surface area contributed by atoms with Gasteiger partial charge >= 0.3 is 0 Å². The van der Waals surface area contributed by atoms with Gasteiger partial charge in [0, 0.05) is 18.2 Å². The molecule has 1 fully saturated rings. The molecule has 0 saturated heterocycles. The number of rotatable bonds is 7. The largest absolute Gasteiger partial charge is 0.454 e. The smallest absolute Gasteiger partial charge is 0.240 e. The monoisotopic (exact) mass is 478 g/mol. The molecule has 0 amide bonds. The van der Waals surface area contributed by atoms with Crippen molar-refractivity contribution in [1.29, 1.82) is 0 Å². The third-order valence-corrected chi connectivity index (χ3v) is 8.46. The molecule has 2 heterocycles. The Kier molecular flexibility index (Phi) is 5.45. The summed E-state index contributed by atoms with van der Waals surface area (Å²) in [6.07, 6.45) is 3.68. The van der Waals surface area contributed by atoms with Crippen molar-refractivity contribution in [1.82, 2.24) is 9.71 Å². The molecule has 1 aliphatic heterocycles. The third kappa shape index (κ3) is 3.76. The number of pyridine rings is 1. The first-order chi connectivity index (χ1) is 16.2. The molecule has 1 saturated carbocycles. The number of hydrogen-bond acceptors (Lipinski definition) is 6. The standard InChI is InChI=1S/C26H26N2O5S/c1-16-17(2)22(28-14-21(16)18-4-7-20(8-5-18)34(30,31)27-3)13-25(29)26(10-11-26)19-6-9-23-24(12-19)33-15-32-23/h4-9,12,14,27H,10-11,13,15H2,1-3H3. The minimum Gasteiger partial charge on any atom is -0.454 e. The van der Waals surface area contributed by atoms with Crippen molar-refractivity contribution in [2.24, 2.45) is 0 Å². The molecule has 34 heavy (non-hydrogen) atoms. The first kappa shape index (κ1) is 22.6. The van der Waals surface area contributed by atoms with E-state index in [2.05, 4.69) is 9.71 Å². The second-order valence-electron chi connectivity index (χ2n) is 8.85. The van der Waals surface area contributed by atoms with Crippen LogP contribution < -0.4 is 14.2 Å². The number of ether oxygens (including phenoxy) is 2. The van der Waals surface area contributed by atoms with Gasteiger partial charge in [-0.15, -0.1) is 0 Å². The summed E-state index contributed by atoms with van der Waals surface area (Å²) in [5, 5.41) is 0. The maximum absolute atomic E-state index is 13.4. The number of aromatic nitrogens is 1. The van der Waals surface area contributed by atoms with Crippen LogP contribution in [0.15, 0.2) is 53.6 Å². The molecule has 0 spiro atoms. The van der Waals surface area contributed by atoms with Gasteiger partial charge in [0.25, 0.3) is 0 Å². The number of carbonyl (C=O) groups is 1. The van der Waals surface area contributed by atoms with Crippen LogP contribution in [0.4, 0.5) is 0 Å². The van der Waals surface area contributed by atoms with Gasteiger partial charge < -0.3 is 9.47 Å². The first-order valence-electron chi connectivity index (χ1n) is 11.2. The molecule has 5 rings (SSSR count). The number of sulfonamides is 1. The molecule has 3 aromatic rings. The van der Waals surface area contributed by atoms with Crippen molar-refractivity contribution in [2.45, 2.75) is 43.4 Å². The zero-order chi connectivity index (χ0) is 24.1. The molecule has 8 heteroatoms. The first-order valence-corrected chi connectivity index (χ1v) is 12.7. The van der Waals surface area contributed by atoms with Crippen LogP contribution in [0.5, 0.6) is 11.5 Å². The van der Waals surface area contributed by atoms with Crippen LogP contribution in [0.2, 0.25) is 0 Å². The molecule has 0 unspecified atom stereocenters. The lowest BCUT2D eigenvalue weighted by molar-refractivity contribution is -0.120. The number of nitrogens with one attached hydrogen (secondary N) is 1. The summed E-state index contributed by atoms with van der Waals surface area (Å²) in [7, 11) is -2.10. The molecule has 0 atom stereocenters. The summed E-state index contributed by atoms with van der Waals surface area (Å²) in [6, 6.07) is 12.5. The lowest BCUT2D eigenvalue weighted by Crippen LogP contribution is -2.23. The molecule has 176 valence electrons. The summed E-state index contributed by atoms with van der Waals surface area (Å²) in [5.41, 5.74) is 5.06. The second kappa shape index (κ2) is 8.21. The lowest BCUT2D eigenvalue weighted by Gasteiger charge is -2.17. The molecular formula is C26H26N2O5S. The number of fused-ring (bicyclic) bond motifs is 1. The van der Waals surface area contributed by atoms with Gasteiger partial charge in [0.15, 0.2) is 11.5 Å². The quantitative estimate of drug-likeness (QED) is 0.554. The van der Waals surface area contributed by atoms with Crippen molar-refractivity contribution < 1.29 is 22.7 Å². The SMILES string of the molecule is CNS(=O)(=O)c1ccc(-c2cnc(CC(=O)C3(c4ccc5c(c4)OCO5)CC3)c(C)c2C)cc1. The fourth-order valence-electron chi connectivity index (χ4n) is 4.52. The van der Waals surface area contributed by atoms with Crippen molar-refractivity contribution in [3.63, 3.8) is 0 Å². The van der Waals surface area contributed by atoms with E-state index in [1.165, 1.54) is 7.05 Å². The van der Waals surface area contributed by atoms with Gasteiger partial charge in [-0.3, -0.25) is 9.78 Å². The molecule has 2 aromatic carbocycles. The zero-order valence-electron chi connectivity index (χ0n) is 19.3. The Morgan fingerprint density at radius 2 is 1.74 bits per heavy atom. The summed E-state index contributed by atoms with van der Waals surface area (Å²) in [5.74, 6) is 1.57. The van der Waals surface area contributed by atoms with Crippen LogP contribution in [0.1, 0.15) is 35.2 Å². The van der Waals surface area contributed by atoms with Gasteiger partial charge in [0.05, 0.1) is 16.0 Å². The topological polar surface area (TPSA) is 94.6 Å². The van der Waals surface area contributed by atoms with E-state index in [-0.39, 0.29) is 23.9 Å². The highest BCUT2D eigenvalue weighted by molar-refractivity contribution is 7.89. The van der Waals surface area contributed by atoms with Gasteiger partial charge in [0.2, 0.25) is 16.8 Å². The number of carbonyl (C=O) groups excluding carboxylic acids is 1. The molecule has 0 radical (unpaired) electrons. The maximum atomic E-state index is 13.4. The highest BCUT2D eigenvalue weighted by atomic mass is 32.2. The second-order valence-corrected chi connectivity index (χ2v) is 10.7. The number of benzene rings is 2.